The van der Waals surface area contributed by atoms with Crippen molar-refractivity contribution in [1.82, 2.24) is 10.6 Å². The van der Waals surface area contributed by atoms with Crippen LogP contribution in [0, 0.1) is 0 Å². The van der Waals surface area contributed by atoms with E-state index < -0.39 is 0 Å². The number of aliphatic imine (C=N–C) groups is 1. The summed E-state index contributed by atoms with van der Waals surface area (Å²) in [6.07, 6.45) is 2.51. The molecule has 0 radical (unpaired) electrons. The Morgan fingerprint density at radius 3 is 2.87 bits per heavy atom. The topological polar surface area (TPSA) is 58.8 Å². The molecule has 0 bridgehead atoms. The first-order chi connectivity index (χ1) is 11.2. The Labute approximate surface area is 145 Å². The molecule has 0 spiro atoms. The van der Waals surface area contributed by atoms with Crippen LogP contribution in [0.25, 0.3) is 0 Å². The van der Waals surface area contributed by atoms with E-state index in [-0.39, 0.29) is 0 Å². The maximum Gasteiger partial charge on any atom is 0.191 e. The molecule has 6 heteroatoms. The van der Waals surface area contributed by atoms with Crippen LogP contribution in [0.3, 0.4) is 0 Å². The zero-order valence-electron chi connectivity index (χ0n) is 13.4. The molecule has 0 atom stereocenters. The van der Waals surface area contributed by atoms with Gasteiger partial charge < -0.3 is 19.8 Å². The maximum absolute atomic E-state index is 5.38. The molecule has 5 nitrogen and oxygen atoms in total. The van der Waals surface area contributed by atoms with Gasteiger partial charge in [-0.15, -0.1) is 0 Å². The molecule has 0 amide bonds. The Balaban J connectivity index is 1.96. The minimum Gasteiger partial charge on any atom is -0.496 e. The highest BCUT2D eigenvalue weighted by atomic mass is 79.9. The molecule has 2 N–H and O–H groups in total. The van der Waals surface area contributed by atoms with E-state index in [9.17, 15) is 0 Å². The summed E-state index contributed by atoms with van der Waals surface area (Å²) < 4.78 is 11.7. The second kappa shape index (κ2) is 9.25. The molecule has 1 heterocycles. The van der Waals surface area contributed by atoms with Gasteiger partial charge in [-0.3, -0.25) is 0 Å². The molecular weight excluding hydrogens is 358 g/mol. The predicted molar refractivity (Wildman–Crippen MR) is 95.9 cm³/mol. The van der Waals surface area contributed by atoms with Gasteiger partial charge in [0.25, 0.3) is 0 Å². The maximum atomic E-state index is 5.38. The third kappa shape index (κ3) is 5.63. The van der Waals surface area contributed by atoms with E-state index in [1.54, 1.807) is 13.4 Å². The van der Waals surface area contributed by atoms with Crippen LogP contribution in [-0.2, 0) is 13.0 Å². The minimum absolute atomic E-state index is 0.540. The number of furan rings is 1. The van der Waals surface area contributed by atoms with E-state index in [2.05, 4.69) is 31.6 Å². The summed E-state index contributed by atoms with van der Waals surface area (Å²) in [6, 6.07) is 9.78. The Bertz CT molecular complexity index is 627. The first-order valence-corrected chi connectivity index (χ1v) is 8.39. The number of guanidine groups is 1. The van der Waals surface area contributed by atoms with E-state index in [4.69, 9.17) is 9.15 Å². The molecular formula is C17H22BrN3O2. The summed E-state index contributed by atoms with van der Waals surface area (Å²) in [4.78, 5) is 4.62. The largest absolute Gasteiger partial charge is 0.496 e. The van der Waals surface area contributed by atoms with E-state index in [0.717, 1.165) is 47.0 Å². The van der Waals surface area contributed by atoms with Crippen molar-refractivity contribution < 1.29 is 9.15 Å². The standard InChI is InChI=1S/C17H22BrN3O2/c1-3-19-17(20-9-8-15-5-4-10-23-15)21-12-13-11-14(18)6-7-16(13)22-2/h4-7,10-11H,3,8-9,12H2,1-2H3,(H2,19,20,21). The van der Waals surface area contributed by atoms with Gasteiger partial charge in [0.2, 0.25) is 0 Å². The number of benzene rings is 1. The van der Waals surface area contributed by atoms with Crippen molar-refractivity contribution in [1.29, 1.82) is 0 Å². The molecule has 1 aromatic carbocycles. The van der Waals surface area contributed by atoms with Gasteiger partial charge in [-0.25, -0.2) is 4.99 Å². The third-order valence-corrected chi connectivity index (χ3v) is 3.73. The highest BCUT2D eigenvalue weighted by Gasteiger charge is 2.04. The van der Waals surface area contributed by atoms with Gasteiger partial charge in [0.05, 0.1) is 19.9 Å². The number of hydrogen-bond donors (Lipinski definition) is 2. The number of nitrogens with zero attached hydrogens (tertiary/aromatic N) is 1. The number of nitrogens with one attached hydrogen (secondary N) is 2. The van der Waals surface area contributed by atoms with E-state index in [0.29, 0.717) is 6.54 Å². The smallest absolute Gasteiger partial charge is 0.191 e. The molecule has 0 aliphatic heterocycles. The van der Waals surface area contributed by atoms with Crippen molar-refractivity contribution in [3.8, 4) is 5.75 Å². The third-order valence-electron chi connectivity index (χ3n) is 3.24. The summed E-state index contributed by atoms with van der Waals surface area (Å²) in [7, 11) is 1.67. The van der Waals surface area contributed by atoms with Crippen molar-refractivity contribution in [3.05, 3.63) is 52.4 Å². The van der Waals surface area contributed by atoms with Gasteiger partial charge in [-0.05, 0) is 37.3 Å². The summed E-state index contributed by atoms with van der Waals surface area (Å²) >= 11 is 3.48. The number of hydrogen-bond acceptors (Lipinski definition) is 3. The molecule has 0 aliphatic rings. The van der Waals surface area contributed by atoms with Crippen molar-refractivity contribution >= 4 is 21.9 Å². The van der Waals surface area contributed by atoms with Crippen LogP contribution in [0.2, 0.25) is 0 Å². The van der Waals surface area contributed by atoms with E-state index in [1.807, 2.05) is 37.3 Å². The molecule has 23 heavy (non-hydrogen) atoms. The van der Waals surface area contributed by atoms with Crippen LogP contribution < -0.4 is 15.4 Å². The lowest BCUT2D eigenvalue weighted by atomic mass is 10.2. The van der Waals surface area contributed by atoms with Gasteiger partial charge >= 0.3 is 0 Å². The van der Waals surface area contributed by atoms with Crippen LogP contribution in [-0.4, -0.2) is 26.2 Å². The zero-order valence-corrected chi connectivity index (χ0v) is 15.0. The predicted octanol–water partition coefficient (Wildman–Crippen LogP) is 3.35. The molecule has 0 aliphatic carbocycles. The first kappa shape index (κ1) is 17.4. The number of ether oxygens (including phenoxy) is 1. The summed E-state index contributed by atoms with van der Waals surface area (Å²) in [5, 5.41) is 6.55. The van der Waals surface area contributed by atoms with E-state index >= 15 is 0 Å². The Kier molecular flexibility index (Phi) is 7.00. The van der Waals surface area contributed by atoms with Crippen LogP contribution in [0.5, 0.6) is 5.75 Å². The quantitative estimate of drug-likeness (QED) is 0.571. The second-order valence-electron chi connectivity index (χ2n) is 4.91. The lowest BCUT2D eigenvalue weighted by Gasteiger charge is -2.12. The Hall–Kier alpha value is -1.95. The first-order valence-electron chi connectivity index (χ1n) is 7.60. The monoisotopic (exact) mass is 379 g/mol. The summed E-state index contributed by atoms with van der Waals surface area (Å²) in [5.41, 5.74) is 1.03. The van der Waals surface area contributed by atoms with Gasteiger partial charge in [0, 0.05) is 29.5 Å². The van der Waals surface area contributed by atoms with Crippen molar-refractivity contribution in [2.24, 2.45) is 4.99 Å². The average molecular weight is 380 g/mol. The minimum atomic E-state index is 0.540. The lowest BCUT2D eigenvalue weighted by Crippen LogP contribution is -2.38. The number of rotatable bonds is 7. The van der Waals surface area contributed by atoms with Gasteiger partial charge in [-0.2, -0.15) is 0 Å². The summed E-state index contributed by atoms with van der Waals surface area (Å²) in [5.74, 6) is 2.58. The molecule has 2 rings (SSSR count). The lowest BCUT2D eigenvalue weighted by molar-refractivity contribution is 0.409. The average Bonchev–Trinajstić information content (AvgIpc) is 3.06. The molecule has 0 unspecified atom stereocenters. The summed E-state index contributed by atoms with van der Waals surface area (Å²) in [6.45, 7) is 4.15. The highest BCUT2D eigenvalue weighted by Crippen LogP contribution is 2.23. The fourth-order valence-electron chi connectivity index (χ4n) is 2.14. The molecule has 2 aromatic rings. The number of halogens is 1. The van der Waals surface area contributed by atoms with Gasteiger partial charge in [-0.1, -0.05) is 15.9 Å². The second-order valence-corrected chi connectivity index (χ2v) is 5.82. The SMILES string of the molecule is CCNC(=NCc1cc(Br)ccc1OC)NCCc1ccco1. The van der Waals surface area contributed by atoms with Gasteiger partial charge in [0.15, 0.2) is 5.96 Å². The van der Waals surface area contributed by atoms with Crippen molar-refractivity contribution in [3.63, 3.8) is 0 Å². The van der Waals surface area contributed by atoms with Crippen LogP contribution >= 0.6 is 15.9 Å². The molecule has 124 valence electrons. The Morgan fingerprint density at radius 2 is 2.17 bits per heavy atom. The molecule has 0 saturated heterocycles. The van der Waals surface area contributed by atoms with Crippen molar-refractivity contribution in [2.45, 2.75) is 19.9 Å². The van der Waals surface area contributed by atoms with Crippen LogP contribution in [0.15, 0.2) is 50.5 Å². The molecule has 0 saturated carbocycles. The van der Waals surface area contributed by atoms with Gasteiger partial charge in [0.1, 0.15) is 11.5 Å². The van der Waals surface area contributed by atoms with Crippen LogP contribution in [0.1, 0.15) is 18.2 Å². The van der Waals surface area contributed by atoms with E-state index in [1.165, 1.54) is 0 Å². The fraction of sp³-hybridized carbons (Fsp3) is 0.353. The number of methoxy groups -OCH3 is 1. The normalized spacial score (nSPS) is 11.3. The fourth-order valence-corrected chi connectivity index (χ4v) is 2.54. The zero-order chi connectivity index (χ0) is 16.5. The Morgan fingerprint density at radius 1 is 1.30 bits per heavy atom. The molecule has 1 aromatic heterocycles. The van der Waals surface area contributed by atoms with Crippen LogP contribution in [0.4, 0.5) is 0 Å². The highest BCUT2D eigenvalue weighted by molar-refractivity contribution is 9.10. The molecule has 0 fully saturated rings. The van der Waals surface area contributed by atoms with Crippen molar-refractivity contribution in [2.75, 3.05) is 20.2 Å².